The molecule has 23 heavy (non-hydrogen) atoms. The minimum absolute atomic E-state index is 0.118. The maximum atomic E-state index is 12.9. The van der Waals surface area contributed by atoms with Crippen molar-refractivity contribution in [2.75, 3.05) is 30.4 Å². The van der Waals surface area contributed by atoms with Crippen molar-refractivity contribution < 1.29 is 9.59 Å². The number of anilines is 2. The number of nitrogens with one attached hydrogen (secondary N) is 1. The van der Waals surface area contributed by atoms with Crippen molar-refractivity contribution in [3.8, 4) is 0 Å². The average Bonchev–Trinajstić information content (AvgIpc) is 2.52. The molecule has 1 saturated carbocycles. The normalized spacial score (nSPS) is 23.3. The van der Waals surface area contributed by atoms with Crippen molar-refractivity contribution in [1.29, 1.82) is 0 Å². The van der Waals surface area contributed by atoms with Crippen molar-refractivity contribution >= 4 is 23.2 Å². The van der Waals surface area contributed by atoms with Gasteiger partial charge in [-0.1, -0.05) is 18.6 Å². The van der Waals surface area contributed by atoms with E-state index in [0.717, 1.165) is 24.2 Å². The standard InChI is InChI=1S/C18H23N3O2/c1-20-15-8-3-2-7-14(15)19-18(17(20)23)9-11-21(12-10-18)16(22)13-5-4-6-13/h2-3,7-8,13,19H,4-6,9-12H2,1H3. The van der Waals surface area contributed by atoms with E-state index in [1.165, 1.54) is 6.42 Å². The number of benzene rings is 1. The number of rotatable bonds is 1. The van der Waals surface area contributed by atoms with Gasteiger partial charge in [0.1, 0.15) is 5.54 Å². The largest absolute Gasteiger partial charge is 0.369 e. The highest BCUT2D eigenvalue weighted by Gasteiger charge is 2.47. The Hall–Kier alpha value is -2.04. The molecule has 4 rings (SSSR count). The Morgan fingerprint density at radius 2 is 1.91 bits per heavy atom. The van der Waals surface area contributed by atoms with Gasteiger partial charge < -0.3 is 15.1 Å². The SMILES string of the molecule is CN1C(=O)C2(CCN(C(=O)C3CCC3)CC2)Nc2ccccc21. The zero-order valence-electron chi connectivity index (χ0n) is 13.5. The summed E-state index contributed by atoms with van der Waals surface area (Å²) in [5.74, 6) is 0.650. The third kappa shape index (κ3) is 2.21. The quantitative estimate of drug-likeness (QED) is 0.865. The molecule has 0 radical (unpaired) electrons. The van der Waals surface area contributed by atoms with Crippen molar-refractivity contribution in [3.05, 3.63) is 24.3 Å². The number of carbonyl (C=O) groups is 2. The molecule has 1 aromatic rings. The van der Waals surface area contributed by atoms with E-state index in [1.807, 2.05) is 36.2 Å². The number of para-hydroxylation sites is 2. The molecule has 0 unspecified atom stereocenters. The number of piperidine rings is 1. The van der Waals surface area contributed by atoms with Crippen LogP contribution in [0.4, 0.5) is 11.4 Å². The van der Waals surface area contributed by atoms with Gasteiger partial charge in [-0.3, -0.25) is 9.59 Å². The minimum atomic E-state index is -0.556. The minimum Gasteiger partial charge on any atom is -0.369 e. The van der Waals surface area contributed by atoms with Crippen LogP contribution in [0.5, 0.6) is 0 Å². The molecule has 1 spiro atoms. The molecule has 0 atom stereocenters. The van der Waals surface area contributed by atoms with Crippen LogP contribution in [0.1, 0.15) is 32.1 Å². The molecular weight excluding hydrogens is 290 g/mol. The molecule has 1 aliphatic carbocycles. The zero-order chi connectivity index (χ0) is 16.0. The van der Waals surface area contributed by atoms with Crippen molar-refractivity contribution in [2.45, 2.75) is 37.6 Å². The third-order valence-electron chi connectivity index (χ3n) is 5.74. The first-order valence-electron chi connectivity index (χ1n) is 8.55. The smallest absolute Gasteiger partial charge is 0.252 e. The predicted molar refractivity (Wildman–Crippen MR) is 89.4 cm³/mol. The Kier molecular flexibility index (Phi) is 3.32. The first kappa shape index (κ1) is 14.5. The van der Waals surface area contributed by atoms with Crippen LogP contribution in [0, 0.1) is 5.92 Å². The van der Waals surface area contributed by atoms with E-state index in [9.17, 15) is 9.59 Å². The lowest BCUT2D eigenvalue weighted by atomic mass is 9.81. The molecule has 0 bridgehead atoms. The van der Waals surface area contributed by atoms with Crippen LogP contribution in [0.25, 0.3) is 0 Å². The van der Waals surface area contributed by atoms with Crippen LogP contribution >= 0.6 is 0 Å². The summed E-state index contributed by atoms with van der Waals surface area (Å²) < 4.78 is 0. The van der Waals surface area contributed by atoms with Crippen LogP contribution in [0.15, 0.2) is 24.3 Å². The number of hydrogen-bond acceptors (Lipinski definition) is 3. The Morgan fingerprint density at radius 3 is 2.57 bits per heavy atom. The number of likely N-dealkylation sites (tertiary alicyclic amines) is 1. The fourth-order valence-electron chi connectivity index (χ4n) is 3.97. The number of nitrogens with zero attached hydrogens (tertiary/aromatic N) is 2. The van der Waals surface area contributed by atoms with E-state index in [4.69, 9.17) is 0 Å². The first-order chi connectivity index (χ1) is 11.1. The molecule has 5 nitrogen and oxygen atoms in total. The van der Waals surface area contributed by atoms with Crippen LogP contribution in [0.3, 0.4) is 0 Å². The van der Waals surface area contributed by atoms with Crippen LogP contribution in [-0.4, -0.2) is 42.4 Å². The molecule has 2 aliphatic heterocycles. The Balaban J connectivity index is 1.52. The molecule has 5 heteroatoms. The van der Waals surface area contributed by atoms with E-state index in [1.54, 1.807) is 4.90 Å². The topological polar surface area (TPSA) is 52.7 Å². The second-order valence-electron chi connectivity index (χ2n) is 7.04. The van der Waals surface area contributed by atoms with Crippen LogP contribution < -0.4 is 10.2 Å². The molecule has 2 heterocycles. The maximum absolute atomic E-state index is 12.9. The monoisotopic (exact) mass is 313 g/mol. The van der Waals surface area contributed by atoms with Crippen LogP contribution in [0.2, 0.25) is 0 Å². The van der Waals surface area contributed by atoms with Crippen molar-refractivity contribution in [3.63, 3.8) is 0 Å². The van der Waals surface area contributed by atoms with Crippen molar-refractivity contribution in [2.24, 2.45) is 5.92 Å². The number of amides is 2. The van der Waals surface area contributed by atoms with Gasteiger partial charge in [0.2, 0.25) is 5.91 Å². The Labute approximate surface area is 136 Å². The van der Waals surface area contributed by atoms with Crippen LogP contribution in [-0.2, 0) is 9.59 Å². The molecule has 1 aromatic carbocycles. The number of likely N-dealkylation sites (N-methyl/N-ethyl adjacent to an activating group) is 1. The third-order valence-corrected chi connectivity index (χ3v) is 5.74. The van der Waals surface area contributed by atoms with E-state index < -0.39 is 5.54 Å². The van der Waals surface area contributed by atoms with Gasteiger partial charge in [0.25, 0.3) is 5.91 Å². The number of hydrogen-bond donors (Lipinski definition) is 1. The summed E-state index contributed by atoms with van der Waals surface area (Å²) >= 11 is 0. The molecular formula is C18H23N3O2. The van der Waals surface area contributed by atoms with E-state index >= 15 is 0 Å². The molecule has 3 aliphatic rings. The summed E-state index contributed by atoms with van der Waals surface area (Å²) in [6.45, 7) is 1.34. The Bertz CT molecular complexity index is 645. The molecule has 1 N–H and O–H groups in total. The molecule has 1 saturated heterocycles. The molecule has 0 aromatic heterocycles. The summed E-state index contributed by atoms with van der Waals surface area (Å²) in [5, 5.41) is 3.48. The van der Waals surface area contributed by atoms with Gasteiger partial charge in [0, 0.05) is 26.1 Å². The Morgan fingerprint density at radius 1 is 1.22 bits per heavy atom. The van der Waals surface area contributed by atoms with E-state index in [-0.39, 0.29) is 11.8 Å². The van der Waals surface area contributed by atoms with Gasteiger partial charge in [-0.2, -0.15) is 0 Å². The van der Waals surface area contributed by atoms with Gasteiger partial charge in [-0.25, -0.2) is 0 Å². The summed E-state index contributed by atoms with van der Waals surface area (Å²) in [7, 11) is 1.84. The molecule has 122 valence electrons. The highest BCUT2D eigenvalue weighted by Crippen LogP contribution is 2.39. The highest BCUT2D eigenvalue weighted by molar-refractivity contribution is 6.07. The summed E-state index contributed by atoms with van der Waals surface area (Å²) in [6.07, 6.45) is 4.61. The zero-order valence-corrected chi connectivity index (χ0v) is 13.5. The second kappa shape index (κ2) is 5.25. The van der Waals surface area contributed by atoms with E-state index in [2.05, 4.69) is 5.32 Å². The second-order valence-corrected chi connectivity index (χ2v) is 7.04. The summed E-state index contributed by atoms with van der Waals surface area (Å²) in [4.78, 5) is 29.0. The van der Waals surface area contributed by atoms with E-state index in [0.29, 0.717) is 31.8 Å². The van der Waals surface area contributed by atoms with Gasteiger partial charge in [0.15, 0.2) is 0 Å². The lowest BCUT2D eigenvalue weighted by Gasteiger charge is -2.47. The number of fused-ring (bicyclic) bond motifs is 1. The molecule has 2 fully saturated rings. The maximum Gasteiger partial charge on any atom is 0.252 e. The highest BCUT2D eigenvalue weighted by atomic mass is 16.2. The number of carbonyl (C=O) groups excluding carboxylic acids is 2. The molecule has 2 amide bonds. The first-order valence-corrected chi connectivity index (χ1v) is 8.55. The van der Waals surface area contributed by atoms with Gasteiger partial charge in [-0.05, 0) is 37.8 Å². The fraction of sp³-hybridized carbons (Fsp3) is 0.556. The van der Waals surface area contributed by atoms with Gasteiger partial charge >= 0.3 is 0 Å². The lowest BCUT2D eigenvalue weighted by molar-refractivity contribution is -0.141. The fourth-order valence-corrected chi connectivity index (χ4v) is 3.97. The summed E-state index contributed by atoms with van der Waals surface area (Å²) in [5.41, 5.74) is 1.38. The average molecular weight is 313 g/mol. The summed E-state index contributed by atoms with van der Waals surface area (Å²) in [6, 6.07) is 7.91. The van der Waals surface area contributed by atoms with Gasteiger partial charge in [0.05, 0.1) is 11.4 Å². The predicted octanol–water partition coefficient (Wildman–Crippen LogP) is 2.24. The lowest BCUT2D eigenvalue weighted by Crippen LogP contribution is -2.62. The van der Waals surface area contributed by atoms with Gasteiger partial charge in [-0.15, -0.1) is 0 Å². The van der Waals surface area contributed by atoms with Crippen molar-refractivity contribution in [1.82, 2.24) is 4.90 Å².